The molecule has 1 N–H and O–H groups in total. The van der Waals surface area contributed by atoms with Crippen LogP contribution in [0.3, 0.4) is 0 Å². The van der Waals surface area contributed by atoms with E-state index in [0.717, 1.165) is 5.56 Å². The summed E-state index contributed by atoms with van der Waals surface area (Å²) in [4.78, 5) is 26.0. The van der Waals surface area contributed by atoms with Crippen molar-refractivity contribution >= 4 is 27.9 Å². The average molecular weight is 415 g/mol. The molecule has 0 spiro atoms. The second-order valence-corrected chi connectivity index (χ2v) is 8.08. The molecule has 1 aliphatic heterocycles. The van der Waals surface area contributed by atoms with E-state index in [1.54, 1.807) is 17.0 Å². The van der Waals surface area contributed by atoms with Gasteiger partial charge in [-0.25, -0.2) is 9.18 Å². The van der Waals surface area contributed by atoms with Gasteiger partial charge in [-0.1, -0.05) is 6.07 Å². The predicted molar refractivity (Wildman–Crippen MR) is 96.8 cm³/mol. The Morgan fingerprint density at radius 2 is 1.96 bits per heavy atom. The smallest absolute Gasteiger partial charge is 0.407 e. The van der Waals surface area contributed by atoms with Gasteiger partial charge in [-0.2, -0.15) is 0 Å². The number of nitrogens with zero attached hydrogens (tertiary/aromatic N) is 1. The Morgan fingerprint density at radius 1 is 1.32 bits per heavy atom. The number of carbonyl (C=O) groups excluding carboxylic acids is 2. The van der Waals surface area contributed by atoms with E-state index in [1.807, 2.05) is 20.8 Å². The number of halogens is 2. The molecule has 0 aromatic heterocycles. The molecule has 2 amide bonds. The van der Waals surface area contributed by atoms with Crippen molar-refractivity contribution in [3.8, 4) is 0 Å². The molecule has 2 rings (SSSR count). The summed E-state index contributed by atoms with van der Waals surface area (Å²) in [6.07, 6.45) is 1.20. The van der Waals surface area contributed by atoms with Gasteiger partial charge in [0.05, 0.1) is 10.9 Å². The molecular formula is C18H24BrFN2O3. The summed E-state index contributed by atoms with van der Waals surface area (Å²) >= 11 is 3.13. The van der Waals surface area contributed by atoms with Crippen LogP contribution in [0, 0.1) is 5.82 Å². The SMILES string of the molecule is CC(C)(C)OC(=O)NC1CCN(C(=O)Cc2ccc(F)c(Br)c2)CC1. The fourth-order valence-electron chi connectivity index (χ4n) is 2.68. The Balaban J connectivity index is 1.80. The monoisotopic (exact) mass is 414 g/mol. The van der Waals surface area contributed by atoms with Crippen LogP contribution < -0.4 is 5.32 Å². The van der Waals surface area contributed by atoms with Gasteiger partial charge in [-0.15, -0.1) is 0 Å². The zero-order valence-corrected chi connectivity index (χ0v) is 16.4. The van der Waals surface area contributed by atoms with E-state index in [-0.39, 0.29) is 24.2 Å². The zero-order valence-electron chi connectivity index (χ0n) is 14.8. The zero-order chi connectivity index (χ0) is 18.6. The van der Waals surface area contributed by atoms with Crippen LogP contribution in [-0.4, -0.2) is 41.6 Å². The van der Waals surface area contributed by atoms with Gasteiger partial charge < -0.3 is 15.0 Å². The van der Waals surface area contributed by atoms with E-state index in [2.05, 4.69) is 21.2 Å². The van der Waals surface area contributed by atoms with Gasteiger partial charge in [0.15, 0.2) is 0 Å². The predicted octanol–water partition coefficient (Wildman–Crippen LogP) is 3.65. The lowest BCUT2D eigenvalue weighted by atomic mass is 10.0. The van der Waals surface area contributed by atoms with Gasteiger partial charge in [0.2, 0.25) is 5.91 Å². The minimum Gasteiger partial charge on any atom is -0.444 e. The number of alkyl carbamates (subject to hydrolysis) is 1. The van der Waals surface area contributed by atoms with Gasteiger partial charge in [0.1, 0.15) is 11.4 Å². The fourth-order valence-corrected chi connectivity index (χ4v) is 3.11. The summed E-state index contributed by atoms with van der Waals surface area (Å²) in [5, 5.41) is 2.85. The third-order valence-electron chi connectivity index (χ3n) is 3.91. The number of carbonyl (C=O) groups is 2. The molecule has 25 heavy (non-hydrogen) atoms. The summed E-state index contributed by atoms with van der Waals surface area (Å²) in [7, 11) is 0. The Kier molecular flexibility index (Phi) is 6.43. The minimum atomic E-state index is -0.524. The van der Waals surface area contributed by atoms with Crippen molar-refractivity contribution in [2.45, 2.75) is 51.7 Å². The molecule has 0 bridgehead atoms. The van der Waals surface area contributed by atoms with Crippen LogP contribution in [0.25, 0.3) is 0 Å². The number of benzene rings is 1. The Morgan fingerprint density at radius 3 is 2.52 bits per heavy atom. The molecular weight excluding hydrogens is 391 g/mol. The number of hydrogen-bond donors (Lipinski definition) is 1. The Hall–Kier alpha value is -1.63. The largest absolute Gasteiger partial charge is 0.444 e. The van der Waals surface area contributed by atoms with Gasteiger partial charge in [-0.05, 0) is 67.2 Å². The highest BCUT2D eigenvalue weighted by Gasteiger charge is 2.25. The number of likely N-dealkylation sites (tertiary alicyclic amines) is 1. The summed E-state index contributed by atoms with van der Waals surface area (Å²) in [5.74, 6) is -0.334. The quantitative estimate of drug-likeness (QED) is 0.820. The van der Waals surface area contributed by atoms with Crippen LogP contribution in [0.15, 0.2) is 22.7 Å². The second-order valence-electron chi connectivity index (χ2n) is 7.23. The van der Waals surface area contributed by atoms with Crippen molar-refractivity contribution in [3.05, 3.63) is 34.1 Å². The first-order valence-electron chi connectivity index (χ1n) is 8.35. The Bertz CT molecular complexity index is 638. The van der Waals surface area contributed by atoms with E-state index in [9.17, 15) is 14.0 Å². The van der Waals surface area contributed by atoms with Crippen LogP contribution in [-0.2, 0) is 16.0 Å². The van der Waals surface area contributed by atoms with Crippen molar-refractivity contribution < 1.29 is 18.7 Å². The number of hydrogen-bond acceptors (Lipinski definition) is 3. The van der Waals surface area contributed by atoms with Gasteiger partial charge >= 0.3 is 6.09 Å². The van der Waals surface area contributed by atoms with E-state index in [4.69, 9.17) is 4.74 Å². The molecule has 1 aliphatic rings. The number of amides is 2. The summed E-state index contributed by atoms with van der Waals surface area (Å²) < 4.78 is 18.9. The molecule has 1 saturated heterocycles. The van der Waals surface area contributed by atoms with Crippen LogP contribution >= 0.6 is 15.9 Å². The van der Waals surface area contributed by atoms with Crippen LogP contribution in [0.5, 0.6) is 0 Å². The highest BCUT2D eigenvalue weighted by molar-refractivity contribution is 9.10. The molecule has 0 unspecified atom stereocenters. The minimum absolute atomic E-state index is 0.00854. The van der Waals surface area contributed by atoms with Crippen LogP contribution in [0.2, 0.25) is 0 Å². The van der Waals surface area contributed by atoms with E-state index < -0.39 is 11.7 Å². The number of ether oxygens (including phenoxy) is 1. The maximum Gasteiger partial charge on any atom is 0.407 e. The topological polar surface area (TPSA) is 58.6 Å². The summed E-state index contributed by atoms with van der Waals surface area (Å²) in [5.41, 5.74) is 0.247. The third kappa shape index (κ3) is 6.30. The molecule has 0 aliphatic carbocycles. The molecule has 1 aromatic rings. The molecule has 5 nitrogen and oxygen atoms in total. The lowest BCUT2D eigenvalue weighted by molar-refractivity contribution is -0.131. The van der Waals surface area contributed by atoms with Gasteiger partial charge in [0.25, 0.3) is 0 Å². The molecule has 1 fully saturated rings. The molecule has 1 heterocycles. The molecule has 0 saturated carbocycles. The third-order valence-corrected chi connectivity index (χ3v) is 4.52. The highest BCUT2D eigenvalue weighted by Crippen LogP contribution is 2.19. The first kappa shape index (κ1) is 19.7. The first-order valence-corrected chi connectivity index (χ1v) is 9.14. The first-order chi connectivity index (χ1) is 11.6. The van der Waals surface area contributed by atoms with E-state index in [0.29, 0.717) is 30.4 Å². The van der Waals surface area contributed by atoms with Crippen LogP contribution in [0.1, 0.15) is 39.2 Å². The summed E-state index contributed by atoms with van der Waals surface area (Å²) in [6, 6.07) is 4.61. The number of piperidine rings is 1. The van der Waals surface area contributed by atoms with Gasteiger partial charge in [-0.3, -0.25) is 4.79 Å². The van der Waals surface area contributed by atoms with Crippen LogP contribution in [0.4, 0.5) is 9.18 Å². The maximum atomic E-state index is 13.3. The lowest BCUT2D eigenvalue weighted by Gasteiger charge is -2.33. The summed E-state index contributed by atoms with van der Waals surface area (Å²) in [6.45, 7) is 6.63. The number of rotatable bonds is 3. The lowest BCUT2D eigenvalue weighted by Crippen LogP contribution is -2.48. The van der Waals surface area contributed by atoms with Crippen molar-refractivity contribution in [1.29, 1.82) is 0 Å². The van der Waals surface area contributed by atoms with Gasteiger partial charge in [0, 0.05) is 19.1 Å². The number of nitrogens with one attached hydrogen (secondary N) is 1. The Labute approximate surface area is 156 Å². The second kappa shape index (κ2) is 8.17. The van der Waals surface area contributed by atoms with Crippen molar-refractivity contribution in [3.63, 3.8) is 0 Å². The molecule has 138 valence electrons. The van der Waals surface area contributed by atoms with Crippen molar-refractivity contribution in [2.24, 2.45) is 0 Å². The average Bonchev–Trinajstić information content (AvgIpc) is 2.49. The van der Waals surface area contributed by atoms with Crippen molar-refractivity contribution in [2.75, 3.05) is 13.1 Å². The normalized spacial score (nSPS) is 15.8. The maximum absolute atomic E-state index is 13.3. The molecule has 1 aromatic carbocycles. The van der Waals surface area contributed by atoms with E-state index in [1.165, 1.54) is 6.07 Å². The van der Waals surface area contributed by atoms with E-state index >= 15 is 0 Å². The standard InChI is InChI=1S/C18H24BrFN2O3/c1-18(2,3)25-17(24)21-13-6-8-22(9-7-13)16(23)11-12-4-5-15(20)14(19)10-12/h4-5,10,13H,6-9,11H2,1-3H3,(H,21,24). The van der Waals surface area contributed by atoms with Crippen molar-refractivity contribution in [1.82, 2.24) is 10.2 Å². The molecule has 7 heteroatoms. The molecule has 0 atom stereocenters. The molecule has 0 radical (unpaired) electrons. The highest BCUT2D eigenvalue weighted by atomic mass is 79.9. The fraction of sp³-hybridized carbons (Fsp3) is 0.556.